The molecule has 2 aromatic rings. The molecule has 0 spiro atoms. The minimum atomic E-state index is -0.525. The molecule has 116 valence electrons. The first kappa shape index (κ1) is 13.9. The Morgan fingerprint density at radius 1 is 1.41 bits per heavy atom. The molecule has 1 saturated carbocycles. The van der Waals surface area contributed by atoms with Crippen LogP contribution < -0.4 is 5.73 Å². The largest absolute Gasteiger partial charge is 0.337 e. The molecular formula is C13H16BrN7O. The Balaban J connectivity index is 1.55. The molecule has 22 heavy (non-hydrogen) atoms. The smallest absolute Gasteiger partial charge is 0.250 e. The highest BCUT2D eigenvalue weighted by molar-refractivity contribution is 9.10. The molecule has 4 rings (SSSR count). The van der Waals surface area contributed by atoms with Gasteiger partial charge in [0.1, 0.15) is 5.54 Å². The van der Waals surface area contributed by atoms with Crippen molar-refractivity contribution < 1.29 is 4.79 Å². The first-order valence-corrected chi connectivity index (χ1v) is 8.01. The van der Waals surface area contributed by atoms with Crippen molar-refractivity contribution in [3.8, 4) is 0 Å². The summed E-state index contributed by atoms with van der Waals surface area (Å²) < 4.78 is 4.39. The van der Waals surface area contributed by atoms with Gasteiger partial charge in [0.2, 0.25) is 0 Å². The lowest BCUT2D eigenvalue weighted by atomic mass is 10.2. The fourth-order valence-corrected chi connectivity index (χ4v) is 3.43. The molecule has 1 aliphatic heterocycles. The van der Waals surface area contributed by atoms with E-state index >= 15 is 0 Å². The van der Waals surface area contributed by atoms with Gasteiger partial charge in [-0.1, -0.05) is 5.21 Å². The molecule has 0 unspecified atom stereocenters. The highest BCUT2D eigenvalue weighted by Gasteiger charge is 2.55. The Morgan fingerprint density at radius 3 is 2.82 bits per heavy atom. The van der Waals surface area contributed by atoms with Gasteiger partial charge in [-0.05, 0) is 28.8 Å². The molecule has 0 radical (unpaired) electrons. The van der Waals surface area contributed by atoms with Crippen molar-refractivity contribution in [3.05, 3.63) is 29.3 Å². The normalized spacial score (nSPS) is 26.4. The van der Waals surface area contributed by atoms with E-state index in [-0.39, 0.29) is 18.0 Å². The maximum Gasteiger partial charge on any atom is 0.250 e. The average molecular weight is 366 g/mol. The summed E-state index contributed by atoms with van der Waals surface area (Å²) in [4.78, 5) is 14.8. The average Bonchev–Trinajstić information content (AvgIpc) is 2.87. The van der Waals surface area contributed by atoms with Gasteiger partial charge in [-0.15, -0.1) is 5.10 Å². The minimum absolute atomic E-state index is 0.0217. The number of rotatable bonds is 3. The van der Waals surface area contributed by atoms with Gasteiger partial charge in [0.15, 0.2) is 0 Å². The molecule has 1 amide bonds. The lowest BCUT2D eigenvalue weighted by Gasteiger charge is -2.23. The van der Waals surface area contributed by atoms with Crippen LogP contribution in [0.25, 0.3) is 0 Å². The summed E-state index contributed by atoms with van der Waals surface area (Å²) in [6, 6.07) is -0.155. The molecule has 2 atom stereocenters. The van der Waals surface area contributed by atoms with E-state index in [1.807, 2.05) is 11.1 Å². The summed E-state index contributed by atoms with van der Waals surface area (Å²) in [7, 11) is 0. The Bertz CT molecular complexity index is 693. The summed E-state index contributed by atoms with van der Waals surface area (Å²) in [5.74, 6) is 0.0983. The Hall–Kier alpha value is -1.74. The quantitative estimate of drug-likeness (QED) is 0.834. The Labute approximate surface area is 135 Å². The predicted molar refractivity (Wildman–Crippen MR) is 80.7 cm³/mol. The van der Waals surface area contributed by atoms with E-state index in [1.54, 1.807) is 28.0 Å². The number of likely N-dealkylation sites (tertiary alicyclic amines) is 1. The molecule has 2 N–H and O–H groups in total. The van der Waals surface area contributed by atoms with Crippen LogP contribution in [0.15, 0.2) is 29.3 Å². The van der Waals surface area contributed by atoms with Crippen LogP contribution in [0.3, 0.4) is 0 Å². The van der Waals surface area contributed by atoms with Crippen LogP contribution in [0.2, 0.25) is 0 Å². The second kappa shape index (κ2) is 4.88. The fraction of sp³-hybridized carbons (Fsp3) is 0.538. The zero-order valence-electron chi connectivity index (χ0n) is 11.8. The van der Waals surface area contributed by atoms with Crippen molar-refractivity contribution in [3.63, 3.8) is 0 Å². The van der Waals surface area contributed by atoms with Crippen molar-refractivity contribution >= 4 is 21.8 Å². The summed E-state index contributed by atoms with van der Waals surface area (Å²) in [5, 5.41) is 12.1. The number of halogens is 1. The number of hydrogen-bond acceptors (Lipinski definition) is 5. The van der Waals surface area contributed by atoms with Crippen molar-refractivity contribution in [2.75, 3.05) is 13.1 Å². The number of nitrogens with zero attached hydrogens (tertiary/aromatic N) is 6. The second-order valence-corrected chi connectivity index (χ2v) is 6.87. The number of amides is 1. The van der Waals surface area contributed by atoms with E-state index in [1.165, 1.54) is 0 Å². The molecule has 2 fully saturated rings. The van der Waals surface area contributed by atoms with Gasteiger partial charge in [0.25, 0.3) is 5.91 Å². The molecule has 0 bridgehead atoms. The predicted octanol–water partition coefficient (Wildman–Crippen LogP) is 0.137. The first-order chi connectivity index (χ1) is 10.6. The Morgan fingerprint density at radius 2 is 2.23 bits per heavy atom. The van der Waals surface area contributed by atoms with Crippen molar-refractivity contribution in [2.24, 2.45) is 5.73 Å². The minimum Gasteiger partial charge on any atom is -0.337 e. The van der Waals surface area contributed by atoms with Gasteiger partial charge in [0.05, 0.1) is 22.9 Å². The van der Waals surface area contributed by atoms with Gasteiger partial charge >= 0.3 is 0 Å². The van der Waals surface area contributed by atoms with Gasteiger partial charge in [0, 0.05) is 31.5 Å². The number of hydrogen-bond donors (Lipinski definition) is 1. The maximum atomic E-state index is 12.9. The molecule has 9 heteroatoms. The van der Waals surface area contributed by atoms with Crippen LogP contribution in [0, 0.1) is 0 Å². The monoisotopic (exact) mass is 365 g/mol. The SMILES string of the molecule is N[C@@H]1CN(C(=O)C2(n3cc(Br)cn3)CC2)C[C@@H]1n1ccnn1. The highest BCUT2D eigenvalue weighted by Crippen LogP contribution is 2.45. The van der Waals surface area contributed by atoms with Crippen molar-refractivity contribution in [2.45, 2.75) is 30.5 Å². The van der Waals surface area contributed by atoms with Crippen LogP contribution in [0.4, 0.5) is 0 Å². The standard InChI is InChI=1S/C13H16BrN7O/c14-9-5-17-21(6-9)13(1-2-13)12(22)19-7-10(15)11(8-19)20-4-3-16-18-20/h3-6,10-11H,1-2,7-8,15H2/t10-,11+/m1/s1. The van der Waals surface area contributed by atoms with Crippen LogP contribution >= 0.6 is 15.9 Å². The van der Waals surface area contributed by atoms with E-state index < -0.39 is 5.54 Å². The highest BCUT2D eigenvalue weighted by atomic mass is 79.9. The van der Waals surface area contributed by atoms with Gasteiger partial charge in [-0.2, -0.15) is 5.10 Å². The summed E-state index contributed by atoms with van der Waals surface area (Å²) >= 11 is 3.38. The van der Waals surface area contributed by atoms with E-state index in [9.17, 15) is 4.79 Å². The fourth-order valence-electron chi connectivity index (χ4n) is 3.14. The van der Waals surface area contributed by atoms with Crippen LogP contribution in [-0.4, -0.2) is 54.7 Å². The number of carbonyl (C=O) groups is 1. The van der Waals surface area contributed by atoms with E-state index in [4.69, 9.17) is 5.73 Å². The molecule has 2 aromatic heterocycles. The first-order valence-electron chi connectivity index (χ1n) is 7.21. The number of nitrogens with two attached hydrogens (primary N) is 1. The molecule has 8 nitrogen and oxygen atoms in total. The molecule has 0 aromatic carbocycles. The second-order valence-electron chi connectivity index (χ2n) is 5.96. The topological polar surface area (TPSA) is 94.9 Å². The number of aromatic nitrogens is 5. The summed E-state index contributed by atoms with van der Waals surface area (Å²) in [6.07, 6.45) is 8.62. The van der Waals surface area contributed by atoms with Gasteiger partial charge in [-0.25, -0.2) is 4.68 Å². The van der Waals surface area contributed by atoms with E-state index in [0.29, 0.717) is 13.1 Å². The zero-order chi connectivity index (χ0) is 15.3. The molecular weight excluding hydrogens is 350 g/mol. The Kier molecular flexibility index (Phi) is 3.08. The van der Waals surface area contributed by atoms with Crippen molar-refractivity contribution in [1.29, 1.82) is 0 Å². The molecule has 3 heterocycles. The zero-order valence-corrected chi connectivity index (χ0v) is 13.4. The van der Waals surface area contributed by atoms with Crippen molar-refractivity contribution in [1.82, 2.24) is 29.7 Å². The molecule has 1 aliphatic carbocycles. The van der Waals surface area contributed by atoms with Crippen LogP contribution in [-0.2, 0) is 10.3 Å². The van der Waals surface area contributed by atoms with E-state index in [2.05, 4.69) is 31.3 Å². The number of carbonyl (C=O) groups excluding carboxylic acids is 1. The maximum absolute atomic E-state index is 12.9. The summed E-state index contributed by atoms with van der Waals surface area (Å²) in [5.41, 5.74) is 5.67. The lowest BCUT2D eigenvalue weighted by Crippen LogP contribution is -2.42. The third-order valence-corrected chi connectivity index (χ3v) is 4.92. The lowest BCUT2D eigenvalue weighted by molar-refractivity contribution is -0.135. The summed E-state index contributed by atoms with van der Waals surface area (Å²) in [6.45, 7) is 1.10. The van der Waals surface area contributed by atoms with Crippen LogP contribution in [0.5, 0.6) is 0 Å². The molecule has 2 aliphatic rings. The third-order valence-electron chi connectivity index (χ3n) is 4.51. The van der Waals surface area contributed by atoms with Gasteiger partial charge < -0.3 is 10.6 Å². The molecule has 1 saturated heterocycles. The van der Waals surface area contributed by atoms with Gasteiger partial charge in [-0.3, -0.25) is 9.48 Å². The third kappa shape index (κ3) is 2.07. The van der Waals surface area contributed by atoms with Crippen LogP contribution in [0.1, 0.15) is 18.9 Å². The van der Waals surface area contributed by atoms with E-state index in [0.717, 1.165) is 17.3 Å².